The summed E-state index contributed by atoms with van der Waals surface area (Å²) in [6.07, 6.45) is 0. The zero-order chi connectivity index (χ0) is 11.8. The molecule has 0 aromatic carbocycles. The summed E-state index contributed by atoms with van der Waals surface area (Å²) in [6.45, 7) is 7.69. The number of nitrogens with two attached hydrogens (primary N) is 1. The first-order valence-corrected chi connectivity index (χ1v) is 6.47. The minimum absolute atomic E-state index is 0.587. The van der Waals surface area contributed by atoms with E-state index in [1.807, 2.05) is 0 Å². The molecule has 0 radical (unpaired) electrons. The van der Waals surface area contributed by atoms with E-state index < -0.39 is 0 Å². The summed E-state index contributed by atoms with van der Waals surface area (Å²) < 4.78 is 10.9. The fourth-order valence-electron chi connectivity index (χ4n) is 1.22. The third-order valence-corrected chi connectivity index (χ3v) is 3.07. The molecule has 92 valence electrons. The Bertz CT molecular complexity index is 286. The Kier molecular flexibility index (Phi) is 6.64. The number of ether oxygens (including phenoxy) is 2. The number of thiophene rings is 1. The van der Waals surface area contributed by atoms with Crippen molar-refractivity contribution in [2.24, 2.45) is 11.7 Å². The van der Waals surface area contributed by atoms with Crippen LogP contribution in [0.2, 0.25) is 0 Å². The van der Waals surface area contributed by atoms with Crippen LogP contribution in [-0.4, -0.2) is 19.8 Å². The van der Waals surface area contributed by atoms with Crippen LogP contribution in [0, 0.1) is 5.92 Å². The Balaban J connectivity index is 2.02. The number of rotatable bonds is 8. The number of hydrogen-bond acceptors (Lipinski definition) is 4. The van der Waals surface area contributed by atoms with Crippen LogP contribution < -0.4 is 5.73 Å². The second-order valence-corrected chi connectivity index (χ2v) is 5.35. The van der Waals surface area contributed by atoms with Gasteiger partial charge in [-0.05, 0) is 18.1 Å². The molecule has 4 heteroatoms. The number of hydrogen-bond donors (Lipinski definition) is 1. The summed E-state index contributed by atoms with van der Waals surface area (Å²) in [6, 6.07) is 4.13. The summed E-state index contributed by atoms with van der Waals surface area (Å²) in [5.74, 6) is 0.587. The van der Waals surface area contributed by atoms with Crippen LogP contribution in [0.5, 0.6) is 0 Å². The Morgan fingerprint density at radius 1 is 1.19 bits per heavy atom. The monoisotopic (exact) mass is 243 g/mol. The summed E-state index contributed by atoms with van der Waals surface area (Å²) >= 11 is 1.71. The first-order valence-electron chi connectivity index (χ1n) is 5.65. The zero-order valence-electron chi connectivity index (χ0n) is 10.1. The maximum absolute atomic E-state index is 5.54. The van der Waals surface area contributed by atoms with Crippen molar-refractivity contribution in [3.8, 4) is 0 Å². The third kappa shape index (κ3) is 5.61. The van der Waals surface area contributed by atoms with Gasteiger partial charge in [-0.3, -0.25) is 0 Å². The van der Waals surface area contributed by atoms with Gasteiger partial charge in [0.1, 0.15) is 0 Å². The van der Waals surface area contributed by atoms with Gasteiger partial charge in [-0.15, -0.1) is 11.3 Å². The van der Waals surface area contributed by atoms with Crippen LogP contribution >= 0.6 is 11.3 Å². The molecule has 0 spiro atoms. The average Bonchev–Trinajstić information content (AvgIpc) is 2.70. The molecule has 0 fully saturated rings. The molecule has 0 aliphatic rings. The molecule has 1 aromatic heterocycles. The van der Waals surface area contributed by atoms with E-state index in [9.17, 15) is 0 Å². The van der Waals surface area contributed by atoms with Gasteiger partial charge in [0.2, 0.25) is 0 Å². The minimum atomic E-state index is 0.587. The summed E-state index contributed by atoms with van der Waals surface area (Å²) in [5, 5.41) is 0. The summed E-state index contributed by atoms with van der Waals surface area (Å²) in [7, 11) is 0. The smallest absolute Gasteiger partial charge is 0.0810 e. The van der Waals surface area contributed by atoms with Crippen molar-refractivity contribution in [1.82, 2.24) is 0 Å². The van der Waals surface area contributed by atoms with Gasteiger partial charge < -0.3 is 15.2 Å². The van der Waals surface area contributed by atoms with Gasteiger partial charge in [0.15, 0.2) is 0 Å². The zero-order valence-corrected chi connectivity index (χ0v) is 10.9. The summed E-state index contributed by atoms with van der Waals surface area (Å²) in [4.78, 5) is 2.43. The topological polar surface area (TPSA) is 44.5 Å². The van der Waals surface area contributed by atoms with Crippen LogP contribution in [0.4, 0.5) is 0 Å². The largest absolute Gasteiger partial charge is 0.379 e. The van der Waals surface area contributed by atoms with Crippen molar-refractivity contribution in [2.75, 3.05) is 19.8 Å². The first-order chi connectivity index (χ1) is 7.72. The minimum Gasteiger partial charge on any atom is -0.379 e. The van der Waals surface area contributed by atoms with E-state index in [1.54, 1.807) is 11.3 Å². The van der Waals surface area contributed by atoms with Crippen molar-refractivity contribution >= 4 is 11.3 Å². The molecule has 3 nitrogen and oxygen atoms in total. The van der Waals surface area contributed by atoms with Crippen LogP contribution in [0.1, 0.15) is 23.6 Å². The molecule has 0 aliphatic carbocycles. The van der Waals surface area contributed by atoms with Gasteiger partial charge in [-0.1, -0.05) is 13.8 Å². The van der Waals surface area contributed by atoms with E-state index in [2.05, 4.69) is 26.0 Å². The highest BCUT2D eigenvalue weighted by molar-refractivity contribution is 7.11. The molecule has 1 heterocycles. The van der Waals surface area contributed by atoms with Crippen molar-refractivity contribution in [3.63, 3.8) is 0 Å². The molecular formula is C12H21NO2S. The van der Waals surface area contributed by atoms with Crippen LogP contribution in [0.25, 0.3) is 0 Å². The van der Waals surface area contributed by atoms with E-state index in [0.717, 1.165) is 6.61 Å². The quantitative estimate of drug-likeness (QED) is 0.713. The highest BCUT2D eigenvalue weighted by atomic mass is 32.1. The molecule has 0 unspecified atom stereocenters. The van der Waals surface area contributed by atoms with Gasteiger partial charge in [-0.2, -0.15) is 0 Å². The van der Waals surface area contributed by atoms with Gasteiger partial charge >= 0.3 is 0 Å². The average molecular weight is 243 g/mol. The summed E-state index contributed by atoms with van der Waals surface area (Å²) in [5.41, 5.74) is 5.54. The highest BCUT2D eigenvalue weighted by Gasteiger charge is 1.99. The SMILES string of the molecule is CC(C)COCCOCc1ccc(CN)s1. The standard InChI is InChI=1S/C12H21NO2S/c1-10(2)8-14-5-6-15-9-12-4-3-11(7-13)16-12/h3-4,10H,5-9,13H2,1-2H3. The van der Waals surface area contributed by atoms with Crippen molar-refractivity contribution in [2.45, 2.75) is 27.0 Å². The van der Waals surface area contributed by atoms with E-state index in [1.165, 1.54) is 9.75 Å². The van der Waals surface area contributed by atoms with Gasteiger partial charge in [0.05, 0.1) is 19.8 Å². The van der Waals surface area contributed by atoms with Gasteiger partial charge in [0, 0.05) is 22.9 Å². The van der Waals surface area contributed by atoms with Crippen LogP contribution in [0.3, 0.4) is 0 Å². The Labute approximate surface area is 102 Å². The van der Waals surface area contributed by atoms with Crippen molar-refractivity contribution in [1.29, 1.82) is 0 Å². The van der Waals surface area contributed by atoms with E-state index >= 15 is 0 Å². The Morgan fingerprint density at radius 2 is 1.88 bits per heavy atom. The maximum atomic E-state index is 5.54. The normalized spacial score (nSPS) is 11.2. The maximum Gasteiger partial charge on any atom is 0.0810 e. The molecule has 1 aromatic rings. The second-order valence-electron chi connectivity index (χ2n) is 4.09. The molecule has 0 bridgehead atoms. The molecular weight excluding hydrogens is 222 g/mol. The van der Waals surface area contributed by atoms with Crippen molar-refractivity contribution in [3.05, 3.63) is 21.9 Å². The lowest BCUT2D eigenvalue weighted by atomic mass is 10.2. The molecule has 1 rings (SSSR count). The second kappa shape index (κ2) is 7.79. The Morgan fingerprint density at radius 3 is 2.50 bits per heavy atom. The van der Waals surface area contributed by atoms with Gasteiger partial charge in [0.25, 0.3) is 0 Å². The molecule has 0 saturated heterocycles. The lowest BCUT2D eigenvalue weighted by Crippen LogP contribution is -2.08. The molecule has 0 aliphatic heterocycles. The predicted octanol–water partition coefficient (Wildman–Crippen LogP) is 2.40. The Hall–Kier alpha value is -0.420. The van der Waals surface area contributed by atoms with Gasteiger partial charge in [-0.25, -0.2) is 0 Å². The van der Waals surface area contributed by atoms with E-state index in [4.69, 9.17) is 15.2 Å². The third-order valence-electron chi connectivity index (χ3n) is 1.99. The lowest BCUT2D eigenvalue weighted by Gasteiger charge is -2.06. The molecule has 2 N–H and O–H groups in total. The van der Waals surface area contributed by atoms with E-state index in [-0.39, 0.29) is 0 Å². The predicted molar refractivity (Wildman–Crippen MR) is 67.5 cm³/mol. The molecule has 16 heavy (non-hydrogen) atoms. The van der Waals surface area contributed by atoms with Crippen LogP contribution in [0.15, 0.2) is 12.1 Å². The fraction of sp³-hybridized carbons (Fsp3) is 0.667. The first kappa shape index (κ1) is 13.6. The van der Waals surface area contributed by atoms with Crippen LogP contribution in [-0.2, 0) is 22.6 Å². The molecule has 0 amide bonds. The lowest BCUT2D eigenvalue weighted by molar-refractivity contribution is 0.0322. The van der Waals surface area contributed by atoms with Crippen molar-refractivity contribution < 1.29 is 9.47 Å². The highest BCUT2D eigenvalue weighted by Crippen LogP contribution is 2.16. The molecule has 0 atom stereocenters. The molecule has 0 saturated carbocycles. The fourth-order valence-corrected chi connectivity index (χ4v) is 2.05. The van der Waals surface area contributed by atoms with E-state index in [0.29, 0.717) is 32.3 Å².